The summed E-state index contributed by atoms with van der Waals surface area (Å²) in [6.45, 7) is 42.9. The van der Waals surface area contributed by atoms with E-state index in [-0.39, 0.29) is 18.3 Å². The van der Waals surface area contributed by atoms with Gasteiger partial charge in [0.15, 0.2) is 0 Å². The molecule has 1 aliphatic heterocycles. The van der Waals surface area contributed by atoms with Crippen LogP contribution in [-0.2, 0) is 38.6 Å². The SMILES string of the molecule is CO[C](=[Cr])C1=C[C@@H](O[Si](C(C)C)(C(C)C)C(C)C)[C@H](O[Si](C(C)C)(C(C)C)C(C)C)[C@@H](CO[Si](C(C)C)(C(C)C)C(C)C)O1. The van der Waals surface area contributed by atoms with Gasteiger partial charge in [0.05, 0.1) is 0 Å². The number of rotatable bonds is 18. The van der Waals surface area contributed by atoms with Gasteiger partial charge in [0, 0.05) is 0 Å². The van der Waals surface area contributed by atoms with E-state index in [4.69, 9.17) is 22.8 Å². The Morgan fingerprint density at radius 3 is 1.27 bits per heavy atom. The van der Waals surface area contributed by atoms with E-state index < -0.39 is 25.0 Å². The summed E-state index contributed by atoms with van der Waals surface area (Å²) in [4.78, 5) is 0. The van der Waals surface area contributed by atoms with Gasteiger partial charge in [-0.1, -0.05) is 0 Å². The van der Waals surface area contributed by atoms with E-state index in [1.807, 2.05) is 0 Å². The van der Waals surface area contributed by atoms with Crippen molar-refractivity contribution in [1.82, 2.24) is 0 Å². The van der Waals surface area contributed by atoms with Gasteiger partial charge in [-0.15, -0.1) is 0 Å². The summed E-state index contributed by atoms with van der Waals surface area (Å²) < 4.78 is 35.9. The van der Waals surface area contributed by atoms with Crippen LogP contribution in [0.5, 0.6) is 0 Å². The fourth-order valence-electron chi connectivity index (χ4n) is 9.33. The number of ether oxygens (including phenoxy) is 2. The molecule has 5 nitrogen and oxygen atoms in total. The molecule has 260 valence electrons. The molecule has 0 aromatic heterocycles. The van der Waals surface area contributed by atoms with Crippen molar-refractivity contribution in [1.29, 1.82) is 0 Å². The van der Waals surface area contributed by atoms with Crippen molar-refractivity contribution in [3.8, 4) is 0 Å². The van der Waals surface area contributed by atoms with Gasteiger partial charge < -0.3 is 0 Å². The topological polar surface area (TPSA) is 46.2 Å². The average Bonchev–Trinajstić information content (AvgIpc) is 2.88. The minimum atomic E-state index is -2.32. The Hall–Kier alpha value is 0.433. The molecule has 0 saturated carbocycles. The summed E-state index contributed by atoms with van der Waals surface area (Å²) in [6.07, 6.45) is 1.30. The van der Waals surface area contributed by atoms with Crippen LogP contribution in [0.15, 0.2) is 11.8 Å². The molecule has 1 aliphatic rings. The molecule has 0 amide bonds. The standard InChI is InChI=1S/C35H72O5Si3.Cr/c1-23(2)41(24(3)4,25(5)6)37-22-34-35(40-43(29(13)14,30(15)16)31(17)18)33(20-32(38-34)21-36-19)39-42(26(7)8,27(9)10)28(11)12;/h20,23-31,33-35H,22H2,1-19H3;/t33-,34-,35+;/m1./s1. The Kier molecular flexibility index (Phi) is 16.6. The van der Waals surface area contributed by atoms with Gasteiger partial charge in [0.1, 0.15) is 0 Å². The molecule has 3 atom stereocenters. The van der Waals surface area contributed by atoms with Crippen LogP contribution in [0.25, 0.3) is 0 Å². The molecule has 0 bridgehead atoms. The van der Waals surface area contributed by atoms with Gasteiger partial charge in [-0.25, -0.2) is 0 Å². The van der Waals surface area contributed by atoms with E-state index in [0.29, 0.717) is 66.8 Å². The molecule has 0 spiro atoms. The zero-order chi connectivity index (χ0) is 34.5. The van der Waals surface area contributed by atoms with Crippen LogP contribution in [0, 0.1) is 0 Å². The maximum absolute atomic E-state index is 7.72. The van der Waals surface area contributed by atoms with Gasteiger partial charge >= 0.3 is 286 Å². The fraction of sp³-hybridized carbons (Fsp3) is 0.914. The monoisotopic (exact) mass is 708 g/mol. The molecular weight excluding hydrogens is 637 g/mol. The van der Waals surface area contributed by atoms with Crippen molar-refractivity contribution < 1.29 is 38.6 Å². The summed E-state index contributed by atoms with van der Waals surface area (Å²) in [5.41, 5.74) is 4.09. The second kappa shape index (κ2) is 17.2. The summed E-state index contributed by atoms with van der Waals surface area (Å²) in [6, 6.07) is 0. The number of hydrogen-bond donors (Lipinski definition) is 0. The summed E-state index contributed by atoms with van der Waals surface area (Å²) in [5.74, 6) is 0.710. The molecule has 0 aromatic carbocycles. The second-order valence-electron chi connectivity index (χ2n) is 16.1. The van der Waals surface area contributed by atoms with Crippen LogP contribution in [0.3, 0.4) is 0 Å². The Morgan fingerprint density at radius 1 is 0.614 bits per heavy atom. The molecule has 0 aromatic rings. The Bertz CT molecular complexity index is 864. The van der Waals surface area contributed by atoms with Gasteiger partial charge in [0.25, 0.3) is 0 Å². The second-order valence-corrected chi connectivity index (χ2v) is 33.0. The minimum absolute atomic E-state index is 0.263. The van der Waals surface area contributed by atoms with E-state index in [0.717, 1.165) is 0 Å². The summed E-state index contributed by atoms with van der Waals surface area (Å²) in [7, 11) is -5.08. The first kappa shape index (κ1) is 42.5. The van der Waals surface area contributed by atoms with Crippen LogP contribution in [0.4, 0.5) is 0 Å². The first-order chi connectivity index (χ1) is 20.1. The van der Waals surface area contributed by atoms with E-state index in [9.17, 15) is 0 Å². The third-order valence-electron chi connectivity index (χ3n) is 11.0. The molecule has 0 saturated heterocycles. The van der Waals surface area contributed by atoms with Crippen LogP contribution in [-0.4, -0.2) is 61.5 Å². The Labute approximate surface area is 285 Å². The molecule has 0 N–H and O–H groups in total. The van der Waals surface area contributed by atoms with Crippen LogP contribution < -0.4 is 0 Å². The van der Waals surface area contributed by atoms with Crippen molar-refractivity contribution in [2.24, 2.45) is 0 Å². The van der Waals surface area contributed by atoms with Gasteiger partial charge in [-0.3, -0.25) is 0 Å². The molecule has 0 unspecified atom stereocenters. The molecule has 0 fully saturated rings. The molecule has 0 aliphatic carbocycles. The third kappa shape index (κ3) is 8.53. The van der Waals surface area contributed by atoms with Crippen molar-refractivity contribution in [3.63, 3.8) is 0 Å². The molecule has 0 radical (unpaired) electrons. The first-order valence-corrected chi connectivity index (χ1v) is 24.6. The van der Waals surface area contributed by atoms with E-state index >= 15 is 0 Å². The van der Waals surface area contributed by atoms with E-state index in [2.05, 4.69) is 147 Å². The Balaban J connectivity index is 4.03. The summed E-state index contributed by atoms with van der Waals surface area (Å²) in [5, 5.41) is 0. The molecular formula is C35H72CrO5Si3. The Morgan fingerprint density at radius 2 is 0.955 bits per heavy atom. The van der Waals surface area contributed by atoms with Crippen molar-refractivity contribution in [2.75, 3.05) is 13.7 Å². The predicted molar refractivity (Wildman–Crippen MR) is 194 cm³/mol. The average molecular weight is 709 g/mol. The molecule has 44 heavy (non-hydrogen) atoms. The normalized spacial score (nSPS) is 20.8. The quantitative estimate of drug-likeness (QED) is 0.133. The fourth-order valence-corrected chi connectivity index (χ4v) is 26.0. The first-order valence-electron chi connectivity index (χ1n) is 17.6. The molecule has 1 heterocycles. The maximum atomic E-state index is 7.72. The van der Waals surface area contributed by atoms with Gasteiger partial charge in [-0.05, 0) is 0 Å². The van der Waals surface area contributed by atoms with E-state index in [1.54, 1.807) is 7.11 Å². The number of methoxy groups -OCH3 is 1. The zero-order valence-electron chi connectivity index (χ0n) is 32.2. The van der Waals surface area contributed by atoms with Crippen LogP contribution in [0.1, 0.15) is 125 Å². The van der Waals surface area contributed by atoms with Crippen LogP contribution in [0.2, 0.25) is 49.9 Å². The van der Waals surface area contributed by atoms with Crippen molar-refractivity contribution >= 4 is 29.5 Å². The van der Waals surface area contributed by atoms with E-state index in [1.165, 1.54) is 0 Å². The van der Waals surface area contributed by atoms with Gasteiger partial charge in [-0.2, -0.15) is 0 Å². The summed E-state index contributed by atoms with van der Waals surface area (Å²) >= 11 is 3.11. The predicted octanol–water partition coefficient (Wildman–Crippen LogP) is 10.9. The third-order valence-corrected chi connectivity index (χ3v) is 29.8. The van der Waals surface area contributed by atoms with Gasteiger partial charge in [0.2, 0.25) is 0 Å². The van der Waals surface area contributed by atoms with Crippen LogP contribution >= 0.6 is 0 Å². The van der Waals surface area contributed by atoms with Crippen molar-refractivity contribution in [2.45, 2.75) is 193 Å². The zero-order valence-corrected chi connectivity index (χ0v) is 36.4. The van der Waals surface area contributed by atoms with Crippen molar-refractivity contribution in [3.05, 3.63) is 11.8 Å². The molecule has 9 heteroatoms. The molecule has 1 rings (SSSR count). The number of hydrogen-bond acceptors (Lipinski definition) is 5.